The van der Waals surface area contributed by atoms with Gasteiger partial charge in [-0.3, -0.25) is 0 Å². The van der Waals surface area contributed by atoms with Gasteiger partial charge in [-0.05, 0) is 12.2 Å². The maximum absolute atomic E-state index is 13.2. The van der Waals surface area contributed by atoms with Gasteiger partial charge >= 0.3 is 0 Å². The maximum atomic E-state index is 13.2. The van der Waals surface area contributed by atoms with Crippen molar-refractivity contribution in [3.8, 4) is 0 Å². The molecule has 0 heterocycles. The van der Waals surface area contributed by atoms with Crippen LogP contribution >= 0.6 is 0 Å². The summed E-state index contributed by atoms with van der Waals surface area (Å²) in [6.07, 6.45) is 0.00102. The van der Waals surface area contributed by atoms with Crippen LogP contribution in [0.25, 0.3) is 0 Å². The standard InChI is InChI=1S/C7H5F2NO3S/c8-5-1-2-6(14(12)13)7(9)4(5)3-10-11/h1-3,7,11H. The molecule has 76 valence electrons. The van der Waals surface area contributed by atoms with Crippen molar-refractivity contribution in [2.24, 2.45) is 5.16 Å². The van der Waals surface area contributed by atoms with Crippen LogP contribution in [0.4, 0.5) is 8.78 Å². The predicted octanol–water partition coefficient (Wildman–Crippen LogP) is 0.629. The van der Waals surface area contributed by atoms with E-state index in [4.69, 9.17) is 5.21 Å². The Morgan fingerprint density at radius 2 is 2.14 bits per heavy atom. The van der Waals surface area contributed by atoms with Crippen LogP contribution in [0.3, 0.4) is 0 Å². The Labute approximate surface area is 79.4 Å². The smallest absolute Gasteiger partial charge is 0.220 e. The van der Waals surface area contributed by atoms with E-state index in [-0.39, 0.29) is 0 Å². The van der Waals surface area contributed by atoms with Crippen molar-refractivity contribution in [1.82, 2.24) is 0 Å². The van der Waals surface area contributed by atoms with Crippen LogP contribution in [0.15, 0.2) is 28.7 Å². The van der Waals surface area contributed by atoms with Gasteiger partial charge in [0.15, 0.2) is 6.17 Å². The Kier molecular flexibility index (Phi) is 3.13. The fraction of sp³-hybridized carbons (Fsp3) is 0.143. The zero-order chi connectivity index (χ0) is 10.7. The number of hydrogen-bond donors (Lipinski definition) is 1. The molecule has 0 saturated carbocycles. The minimum absolute atomic E-state index is 0.524. The second kappa shape index (κ2) is 4.14. The normalized spacial score (nSPS) is 22.1. The lowest BCUT2D eigenvalue weighted by Gasteiger charge is -2.10. The molecule has 14 heavy (non-hydrogen) atoms. The summed E-state index contributed by atoms with van der Waals surface area (Å²) in [5, 5.41) is 10.5. The van der Waals surface area contributed by atoms with Crippen molar-refractivity contribution in [2.75, 3.05) is 0 Å². The highest BCUT2D eigenvalue weighted by Crippen LogP contribution is 2.19. The van der Waals surface area contributed by atoms with E-state index in [1.807, 2.05) is 0 Å². The third-order valence-corrected chi connectivity index (χ3v) is 2.31. The number of halogens is 2. The Bertz CT molecular complexity index is 453. The molecule has 1 aliphatic carbocycles. The van der Waals surface area contributed by atoms with Gasteiger partial charge in [0.25, 0.3) is 0 Å². The van der Waals surface area contributed by atoms with Crippen LogP contribution in [0.1, 0.15) is 0 Å². The van der Waals surface area contributed by atoms with E-state index < -0.39 is 32.7 Å². The van der Waals surface area contributed by atoms with Crippen LogP contribution in [-0.4, -0.2) is 30.9 Å². The van der Waals surface area contributed by atoms with Crippen molar-refractivity contribution < 1.29 is 22.4 Å². The average molecular weight is 221 g/mol. The zero-order valence-electron chi connectivity index (χ0n) is 6.68. The van der Waals surface area contributed by atoms with E-state index in [9.17, 15) is 17.2 Å². The van der Waals surface area contributed by atoms with E-state index >= 15 is 0 Å². The third kappa shape index (κ3) is 1.87. The quantitative estimate of drug-likeness (QED) is 0.305. The first-order chi connectivity index (χ1) is 6.57. The number of hydrogen-bond acceptors (Lipinski definition) is 4. The number of nitrogens with zero attached hydrogens (tertiary/aromatic N) is 1. The molecule has 0 fully saturated rings. The van der Waals surface area contributed by atoms with E-state index in [1.165, 1.54) is 0 Å². The first kappa shape index (κ1) is 10.6. The molecule has 0 aromatic rings. The van der Waals surface area contributed by atoms with Crippen LogP contribution in [0.5, 0.6) is 0 Å². The van der Waals surface area contributed by atoms with Crippen LogP contribution in [-0.2, 0) is 10.3 Å². The molecule has 0 radical (unpaired) electrons. The van der Waals surface area contributed by atoms with E-state index in [1.54, 1.807) is 0 Å². The summed E-state index contributed by atoms with van der Waals surface area (Å²) in [5.41, 5.74) is -0.616. The van der Waals surface area contributed by atoms with Gasteiger partial charge in [-0.2, -0.15) is 8.42 Å². The van der Waals surface area contributed by atoms with Crippen molar-refractivity contribution in [3.05, 3.63) is 23.6 Å². The van der Waals surface area contributed by atoms with Gasteiger partial charge in [0.2, 0.25) is 10.3 Å². The minimum atomic E-state index is -2.76. The van der Waals surface area contributed by atoms with E-state index in [0.29, 0.717) is 6.21 Å². The van der Waals surface area contributed by atoms with Crippen molar-refractivity contribution >= 4 is 21.4 Å². The average Bonchev–Trinajstić information content (AvgIpc) is 2.11. The van der Waals surface area contributed by atoms with E-state index in [0.717, 1.165) is 12.2 Å². The summed E-state index contributed by atoms with van der Waals surface area (Å²) in [5.74, 6) is -0.968. The van der Waals surface area contributed by atoms with Gasteiger partial charge in [-0.25, -0.2) is 8.78 Å². The molecule has 1 unspecified atom stereocenters. The molecule has 0 saturated heterocycles. The second-order valence-corrected chi connectivity index (χ2v) is 3.32. The highest BCUT2D eigenvalue weighted by atomic mass is 32.2. The van der Waals surface area contributed by atoms with Gasteiger partial charge in [0.05, 0.1) is 6.21 Å². The lowest BCUT2D eigenvalue weighted by molar-refractivity contribution is 0.320. The second-order valence-electron chi connectivity index (χ2n) is 2.38. The van der Waals surface area contributed by atoms with Crippen molar-refractivity contribution in [1.29, 1.82) is 0 Å². The first-order valence-electron chi connectivity index (χ1n) is 3.43. The molecule has 4 nitrogen and oxygen atoms in total. The monoisotopic (exact) mass is 221 g/mol. The number of oxime groups is 1. The van der Waals surface area contributed by atoms with Crippen LogP contribution in [0, 0.1) is 0 Å². The van der Waals surface area contributed by atoms with Gasteiger partial charge < -0.3 is 5.21 Å². The number of alkyl halides is 1. The fourth-order valence-electron chi connectivity index (χ4n) is 0.940. The molecule has 1 aliphatic rings. The summed E-state index contributed by atoms with van der Waals surface area (Å²) < 4.78 is 47.0. The minimum Gasteiger partial charge on any atom is -0.411 e. The highest BCUT2D eigenvalue weighted by molar-refractivity contribution is 7.73. The SMILES string of the molecule is O=S(=O)=C1C=CC(F)=C(C=NO)C1F. The number of rotatable bonds is 1. The first-order valence-corrected chi connectivity index (χ1v) is 4.50. The summed E-state index contributed by atoms with van der Waals surface area (Å²) >= 11 is 0. The zero-order valence-corrected chi connectivity index (χ0v) is 7.50. The largest absolute Gasteiger partial charge is 0.411 e. The Morgan fingerprint density at radius 3 is 2.64 bits per heavy atom. The molecule has 0 aromatic carbocycles. The maximum Gasteiger partial charge on any atom is 0.220 e. The molecule has 1 atom stereocenters. The highest BCUT2D eigenvalue weighted by Gasteiger charge is 2.25. The molecule has 1 rings (SSSR count). The molecular weight excluding hydrogens is 216 g/mol. The lowest BCUT2D eigenvalue weighted by Crippen LogP contribution is -2.21. The summed E-state index contributed by atoms with van der Waals surface area (Å²) in [6, 6.07) is 0. The molecule has 0 spiro atoms. The van der Waals surface area contributed by atoms with Crippen molar-refractivity contribution in [2.45, 2.75) is 6.17 Å². The molecule has 0 amide bonds. The van der Waals surface area contributed by atoms with Gasteiger partial charge in [-0.1, -0.05) is 5.16 Å². The number of allylic oxidation sites excluding steroid dienone is 4. The predicted molar refractivity (Wildman–Crippen MR) is 46.4 cm³/mol. The summed E-state index contributed by atoms with van der Waals surface area (Å²) in [4.78, 5) is -0.596. The summed E-state index contributed by atoms with van der Waals surface area (Å²) in [7, 11) is -2.76. The Hall–Kier alpha value is -1.50. The van der Waals surface area contributed by atoms with Gasteiger partial charge in [0.1, 0.15) is 10.7 Å². The lowest BCUT2D eigenvalue weighted by atomic mass is 10.0. The van der Waals surface area contributed by atoms with Crippen LogP contribution in [0.2, 0.25) is 0 Å². The Balaban J connectivity index is 3.29. The summed E-state index contributed by atoms with van der Waals surface area (Å²) in [6.45, 7) is 0. The fourth-order valence-corrected chi connectivity index (χ4v) is 1.41. The van der Waals surface area contributed by atoms with Gasteiger partial charge in [0, 0.05) is 5.57 Å². The molecular formula is C7H5F2NO3S. The molecule has 0 bridgehead atoms. The van der Waals surface area contributed by atoms with E-state index in [2.05, 4.69) is 5.16 Å². The molecule has 7 heteroatoms. The third-order valence-electron chi connectivity index (χ3n) is 1.58. The van der Waals surface area contributed by atoms with Crippen molar-refractivity contribution in [3.63, 3.8) is 0 Å². The molecule has 0 aromatic heterocycles. The topological polar surface area (TPSA) is 66.7 Å². The molecule has 0 aliphatic heterocycles. The Morgan fingerprint density at radius 1 is 1.50 bits per heavy atom. The molecule has 1 N–H and O–H groups in total. The van der Waals surface area contributed by atoms with Crippen LogP contribution < -0.4 is 0 Å². The van der Waals surface area contributed by atoms with Gasteiger partial charge in [-0.15, -0.1) is 0 Å².